The van der Waals surface area contributed by atoms with Crippen molar-refractivity contribution in [2.75, 3.05) is 13.1 Å². The monoisotopic (exact) mass is 261 g/mol. The number of carbonyl (C=O) groups excluding carboxylic acids is 1. The Morgan fingerprint density at radius 3 is 2.06 bits per heavy atom. The number of hydrogen-bond acceptors (Lipinski definition) is 4. The fraction of sp³-hybridized carbons (Fsp3) is 0.833. The van der Waals surface area contributed by atoms with E-state index >= 15 is 0 Å². The number of carboxylic acid groups (broad SMARTS) is 1. The third-order valence-corrected chi connectivity index (χ3v) is 1.92. The van der Waals surface area contributed by atoms with E-state index in [1.54, 1.807) is 20.8 Å². The lowest BCUT2D eigenvalue weighted by Crippen LogP contribution is -2.44. The van der Waals surface area contributed by atoms with Gasteiger partial charge in [0, 0.05) is 6.54 Å². The number of ether oxygens (including phenoxy) is 1. The zero-order valence-corrected chi connectivity index (χ0v) is 11.6. The zero-order valence-electron chi connectivity index (χ0n) is 11.6. The summed E-state index contributed by atoms with van der Waals surface area (Å²) in [5.74, 6) is -1.20. The first kappa shape index (κ1) is 16.7. The maximum Gasteiger partial charge on any atom is 0.410 e. The third kappa shape index (κ3) is 7.11. The number of carbonyl (C=O) groups is 2. The molecular weight excluding hydrogens is 238 g/mol. The van der Waals surface area contributed by atoms with Crippen molar-refractivity contribution >= 4 is 12.1 Å². The summed E-state index contributed by atoms with van der Waals surface area (Å²) < 4.78 is 5.16. The molecule has 0 aliphatic heterocycles. The molecule has 0 aromatic carbocycles. The van der Waals surface area contributed by atoms with Crippen LogP contribution in [0.2, 0.25) is 0 Å². The first-order chi connectivity index (χ1) is 8.03. The van der Waals surface area contributed by atoms with E-state index < -0.39 is 23.8 Å². The molecule has 106 valence electrons. The average Bonchev–Trinajstić information content (AvgIpc) is 2.12. The van der Waals surface area contributed by atoms with Crippen molar-refractivity contribution in [1.82, 2.24) is 4.90 Å². The Morgan fingerprint density at radius 1 is 1.22 bits per heavy atom. The molecule has 0 aromatic rings. The van der Waals surface area contributed by atoms with Gasteiger partial charge in [-0.1, -0.05) is 13.8 Å². The summed E-state index contributed by atoms with van der Waals surface area (Å²) in [4.78, 5) is 23.7. The average molecular weight is 261 g/mol. The Balaban J connectivity index is 4.67. The summed E-state index contributed by atoms with van der Waals surface area (Å²) in [6.45, 7) is 9.03. The molecule has 0 heterocycles. The quantitative estimate of drug-likeness (QED) is 0.779. The van der Waals surface area contributed by atoms with Gasteiger partial charge in [0.05, 0.1) is 6.54 Å². The molecule has 6 nitrogen and oxygen atoms in total. The predicted molar refractivity (Wildman–Crippen MR) is 66.3 cm³/mol. The molecule has 2 N–H and O–H groups in total. The van der Waals surface area contributed by atoms with Crippen LogP contribution >= 0.6 is 0 Å². The van der Waals surface area contributed by atoms with E-state index in [0.29, 0.717) is 6.54 Å². The van der Waals surface area contributed by atoms with Crippen molar-refractivity contribution in [3.8, 4) is 0 Å². The second-order valence-electron chi connectivity index (χ2n) is 5.63. The van der Waals surface area contributed by atoms with Crippen LogP contribution in [0.4, 0.5) is 4.79 Å². The molecule has 0 fully saturated rings. The van der Waals surface area contributed by atoms with Gasteiger partial charge in [0.15, 0.2) is 6.10 Å². The first-order valence-electron chi connectivity index (χ1n) is 5.91. The Bertz CT molecular complexity index is 295. The van der Waals surface area contributed by atoms with Gasteiger partial charge in [-0.2, -0.15) is 0 Å². The van der Waals surface area contributed by atoms with Crippen LogP contribution in [-0.2, 0) is 9.53 Å². The van der Waals surface area contributed by atoms with Gasteiger partial charge in [0.1, 0.15) is 5.60 Å². The molecule has 6 heteroatoms. The van der Waals surface area contributed by atoms with Crippen molar-refractivity contribution in [3.05, 3.63) is 0 Å². The highest BCUT2D eigenvalue weighted by atomic mass is 16.6. The number of aliphatic carboxylic acids is 1. The van der Waals surface area contributed by atoms with Crippen LogP contribution in [0.3, 0.4) is 0 Å². The summed E-state index contributed by atoms with van der Waals surface area (Å²) in [5.41, 5.74) is -0.652. The minimum atomic E-state index is -1.60. The van der Waals surface area contributed by atoms with E-state index in [1.807, 2.05) is 13.8 Å². The van der Waals surface area contributed by atoms with Crippen molar-refractivity contribution < 1.29 is 24.5 Å². The number of nitrogens with zero attached hydrogens (tertiary/aromatic N) is 1. The van der Waals surface area contributed by atoms with Gasteiger partial charge in [0.2, 0.25) is 0 Å². The molecule has 0 saturated heterocycles. The van der Waals surface area contributed by atoms with Crippen LogP contribution in [-0.4, -0.2) is 52.0 Å². The fourth-order valence-corrected chi connectivity index (χ4v) is 1.28. The molecule has 18 heavy (non-hydrogen) atoms. The molecule has 0 aliphatic rings. The van der Waals surface area contributed by atoms with Gasteiger partial charge in [-0.15, -0.1) is 0 Å². The van der Waals surface area contributed by atoms with Gasteiger partial charge in [-0.05, 0) is 26.7 Å². The van der Waals surface area contributed by atoms with Crippen LogP contribution in [0, 0.1) is 5.92 Å². The Morgan fingerprint density at radius 2 is 1.72 bits per heavy atom. The van der Waals surface area contributed by atoms with Crippen LogP contribution in [0.5, 0.6) is 0 Å². The summed E-state index contributed by atoms with van der Waals surface area (Å²) in [7, 11) is 0. The Kier molecular flexibility index (Phi) is 6.11. The highest BCUT2D eigenvalue weighted by Gasteiger charge is 2.26. The zero-order chi connectivity index (χ0) is 14.5. The second-order valence-corrected chi connectivity index (χ2v) is 5.63. The molecule has 0 bridgehead atoms. The highest BCUT2D eigenvalue weighted by molar-refractivity contribution is 5.74. The molecule has 0 radical (unpaired) electrons. The molecule has 0 saturated carbocycles. The topological polar surface area (TPSA) is 87.1 Å². The standard InChI is InChI=1S/C12H23NO5/c1-8(2)6-13(7-9(14)10(15)16)11(17)18-12(3,4)5/h8-9,14H,6-7H2,1-5H3,(H,15,16)/t9-/m0/s1. The minimum Gasteiger partial charge on any atom is -0.479 e. The van der Waals surface area contributed by atoms with E-state index in [-0.39, 0.29) is 12.5 Å². The predicted octanol–water partition coefficient (Wildman–Crippen LogP) is 1.32. The van der Waals surface area contributed by atoms with Gasteiger partial charge >= 0.3 is 12.1 Å². The third-order valence-electron chi connectivity index (χ3n) is 1.92. The molecule has 0 rings (SSSR count). The SMILES string of the molecule is CC(C)CN(C[C@H](O)C(=O)O)C(=O)OC(C)(C)C. The largest absolute Gasteiger partial charge is 0.479 e. The molecule has 0 spiro atoms. The Hall–Kier alpha value is -1.30. The first-order valence-corrected chi connectivity index (χ1v) is 5.91. The van der Waals surface area contributed by atoms with Crippen molar-refractivity contribution in [1.29, 1.82) is 0 Å². The number of hydrogen-bond donors (Lipinski definition) is 2. The molecule has 0 unspecified atom stereocenters. The van der Waals surface area contributed by atoms with Gasteiger partial charge in [-0.3, -0.25) is 0 Å². The smallest absolute Gasteiger partial charge is 0.410 e. The van der Waals surface area contributed by atoms with Gasteiger partial charge < -0.3 is 19.8 Å². The van der Waals surface area contributed by atoms with Crippen LogP contribution < -0.4 is 0 Å². The summed E-state index contributed by atoms with van der Waals surface area (Å²) in [6.07, 6.45) is -2.22. The Labute approximate surface area is 108 Å². The molecule has 1 amide bonds. The fourth-order valence-electron chi connectivity index (χ4n) is 1.28. The van der Waals surface area contributed by atoms with E-state index in [2.05, 4.69) is 0 Å². The lowest BCUT2D eigenvalue weighted by Gasteiger charge is -2.29. The number of rotatable bonds is 5. The van der Waals surface area contributed by atoms with Crippen LogP contribution in [0.1, 0.15) is 34.6 Å². The van der Waals surface area contributed by atoms with Crippen molar-refractivity contribution in [2.24, 2.45) is 5.92 Å². The highest BCUT2D eigenvalue weighted by Crippen LogP contribution is 2.11. The van der Waals surface area contributed by atoms with E-state index in [0.717, 1.165) is 0 Å². The molecular formula is C12H23NO5. The number of amides is 1. The van der Waals surface area contributed by atoms with Gasteiger partial charge in [0.25, 0.3) is 0 Å². The van der Waals surface area contributed by atoms with Crippen molar-refractivity contribution in [3.63, 3.8) is 0 Å². The molecule has 0 aromatic heterocycles. The van der Waals surface area contributed by atoms with Crippen LogP contribution in [0.25, 0.3) is 0 Å². The lowest BCUT2D eigenvalue weighted by molar-refractivity contribution is -0.147. The number of carboxylic acids is 1. The number of aliphatic hydroxyl groups is 1. The van der Waals surface area contributed by atoms with E-state index in [1.165, 1.54) is 4.90 Å². The van der Waals surface area contributed by atoms with Gasteiger partial charge in [-0.25, -0.2) is 9.59 Å². The molecule has 0 aliphatic carbocycles. The summed E-state index contributed by atoms with van der Waals surface area (Å²) in [5, 5.41) is 18.0. The molecule has 1 atom stereocenters. The lowest BCUT2D eigenvalue weighted by atomic mass is 10.2. The normalized spacial score (nSPS) is 13.3. The second kappa shape index (κ2) is 6.58. The van der Waals surface area contributed by atoms with Crippen LogP contribution in [0.15, 0.2) is 0 Å². The number of aliphatic hydroxyl groups excluding tert-OH is 1. The van der Waals surface area contributed by atoms with Crippen molar-refractivity contribution in [2.45, 2.75) is 46.3 Å². The minimum absolute atomic E-state index is 0.151. The summed E-state index contributed by atoms with van der Waals surface area (Å²) in [6, 6.07) is 0. The maximum atomic E-state index is 11.9. The van der Waals surface area contributed by atoms with E-state index in [9.17, 15) is 14.7 Å². The van der Waals surface area contributed by atoms with E-state index in [4.69, 9.17) is 9.84 Å². The maximum absolute atomic E-state index is 11.9. The summed E-state index contributed by atoms with van der Waals surface area (Å²) >= 11 is 0.